The summed E-state index contributed by atoms with van der Waals surface area (Å²) in [5, 5.41) is 20.7. The van der Waals surface area contributed by atoms with E-state index < -0.39 is 0 Å². The second kappa shape index (κ2) is 7.89. The van der Waals surface area contributed by atoms with Crippen LogP contribution in [0.1, 0.15) is 0 Å². The Morgan fingerprint density at radius 3 is 2.86 bits per heavy atom. The number of H-pyrrole nitrogens is 2. The molecule has 0 aliphatic heterocycles. The van der Waals surface area contributed by atoms with E-state index in [2.05, 4.69) is 36.0 Å². The molecule has 0 aliphatic carbocycles. The second-order valence-corrected chi connectivity index (χ2v) is 6.13. The fraction of sp³-hybridized carbons (Fsp3) is 0.158. The zero-order valence-electron chi connectivity index (χ0n) is 15.8. The molecule has 0 aliphatic rings. The van der Waals surface area contributed by atoms with E-state index in [1.54, 1.807) is 25.4 Å². The molecule has 10 heteroatoms. The highest BCUT2D eigenvalue weighted by Crippen LogP contribution is 2.31. The summed E-state index contributed by atoms with van der Waals surface area (Å²) in [7, 11) is 3.08. The highest BCUT2D eigenvalue weighted by molar-refractivity contribution is 5.82. The van der Waals surface area contributed by atoms with Crippen molar-refractivity contribution < 1.29 is 14.3 Å². The Morgan fingerprint density at radius 2 is 2.03 bits per heavy atom. The maximum atomic E-state index is 11.4. The molecule has 0 saturated carbocycles. The fourth-order valence-corrected chi connectivity index (χ4v) is 2.75. The Morgan fingerprint density at radius 1 is 1.14 bits per heavy atom. The molecule has 0 fully saturated rings. The Kier molecular flexibility index (Phi) is 4.97. The zero-order valence-corrected chi connectivity index (χ0v) is 15.8. The first-order valence-electron chi connectivity index (χ1n) is 8.80. The van der Waals surface area contributed by atoms with Crippen molar-refractivity contribution in [1.82, 2.24) is 30.7 Å². The molecular weight excluding hydrogens is 374 g/mol. The van der Waals surface area contributed by atoms with E-state index in [4.69, 9.17) is 9.47 Å². The Balaban J connectivity index is 1.51. The number of benzene rings is 2. The molecule has 0 atom stereocenters. The highest BCUT2D eigenvalue weighted by Gasteiger charge is 2.12. The van der Waals surface area contributed by atoms with Crippen molar-refractivity contribution in [2.75, 3.05) is 26.1 Å². The van der Waals surface area contributed by atoms with Crippen LogP contribution in [0.25, 0.3) is 22.3 Å². The van der Waals surface area contributed by atoms with Gasteiger partial charge in [-0.1, -0.05) is 0 Å². The van der Waals surface area contributed by atoms with Gasteiger partial charge in [0.2, 0.25) is 5.95 Å². The summed E-state index contributed by atoms with van der Waals surface area (Å²) in [6.07, 6.45) is 1.75. The number of nitrogens with zero attached hydrogens (tertiary/aromatic N) is 3. The van der Waals surface area contributed by atoms with E-state index in [1.807, 2.05) is 24.3 Å². The third-order valence-electron chi connectivity index (χ3n) is 4.26. The van der Waals surface area contributed by atoms with Gasteiger partial charge in [-0.05, 0) is 36.4 Å². The molecule has 0 unspecified atom stereocenters. The molecule has 0 bridgehead atoms. The average molecular weight is 393 g/mol. The normalized spacial score (nSPS) is 10.7. The summed E-state index contributed by atoms with van der Waals surface area (Å²) in [5.74, 6) is 1.72. The van der Waals surface area contributed by atoms with Crippen molar-refractivity contribution in [2.24, 2.45) is 0 Å². The van der Waals surface area contributed by atoms with Gasteiger partial charge in [-0.25, -0.2) is 0 Å². The number of hydrogen-bond donors (Lipinski definition) is 4. The van der Waals surface area contributed by atoms with E-state index in [1.165, 1.54) is 7.11 Å². The number of anilines is 2. The molecule has 2 aromatic heterocycles. The molecule has 1 amide bonds. The van der Waals surface area contributed by atoms with Crippen LogP contribution >= 0.6 is 0 Å². The lowest BCUT2D eigenvalue weighted by Crippen LogP contribution is -2.24. The number of rotatable bonds is 7. The summed E-state index contributed by atoms with van der Waals surface area (Å²) >= 11 is 0. The minimum Gasteiger partial charge on any atom is -0.493 e. The Labute approximate surface area is 165 Å². The largest absolute Gasteiger partial charge is 0.493 e. The predicted molar refractivity (Wildman–Crippen MR) is 107 cm³/mol. The van der Waals surface area contributed by atoms with Gasteiger partial charge in [0.1, 0.15) is 0 Å². The first-order valence-corrected chi connectivity index (χ1v) is 8.80. The van der Waals surface area contributed by atoms with Crippen LogP contribution in [0.4, 0.5) is 11.6 Å². The van der Waals surface area contributed by atoms with Crippen LogP contribution < -0.4 is 20.1 Å². The lowest BCUT2D eigenvalue weighted by Gasteiger charge is -2.10. The van der Waals surface area contributed by atoms with E-state index in [0.29, 0.717) is 23.3 Å². The Bertz CT molecular complexity index is 1150. The third kappa shape index (κ3) is 3.95. The lowest BCUT2D eigenvalue weighted by atomic mass is 10.2. The number of methoxy groups -OCH3 is 1. The second-order valence-electron chi connectivity index (χ2n) is 6.13. The lowest BCUT2D eigenvalue weighted by molar-refractivity contribution is -0.122. The number of likely N-dealkylation sites (N-methyl/N-ethyl adjacent to an activating group) is 1. The van der Waals surface area contributed by atoms with Crippen LogP contribution in [0.5, 0.6) is 11.5 Å². The number of ether oxygens (including phenoxy) is 2. The summed E-state index contributed by atoms with van der Waals surface area (Å²) < 4.78 is 10.8. The number of amides is 1. The van der Waals surface area contributed by atoms with Gasteiger partial charge < -0.3 is 20.1 Å². The molecule has 29 heavy (non-hydrogen) atoms. The van der Waals surface area contributed by atoms with Crippen LogP contribution in [0, 0.1) is 0 Å². The van der Waals surface area contributed by atoms with Crippen molar-refractivity contribution in [3.05, 3.63) is 42.6 Å². The fourth-order valence-electron chi connectivity index (χ4n) is 2.75. The van der Waals surface area contributed by atoms with E-state index in [9.17, 15) is 4.79 Å². The van der Waals surface area contributed by atoms with Gasteiger partial charge in [-0.2, -0.15) is 10.1 Å². The molecule has 2 heterocycles. The van der Waals surface area contributed by atoms with Crippen LogP contribution in [0.15, 0.2) is 42.6 Å². The number of hydrogen-bond acceptors (Lipinski definition) is 7. The van der Waals surface area contributed by atoms with Crippen molar-refractivity contribution >= 4 is 28.4 Å². The van der Waals surface area contributed by atoms with E-state index in [0.717, 1.165) is 22.2 Å². The van der Waals surface area contributed by atoms with Crippen LogP contribution in [-0.2, 0) is 4.79 Å². The van der Waals surface area contributed by atoms with Gasteiger partial charge in [-0.15, -0.1) is 5.10 Å². The molecule has 0 spiro atoms. The standard InChI is InChI=1S/C19H19N7O3/c1-20-17(27)10-29-15-6-3-11(8-16(15)28-2)18-23-19(26-25-18)22-13-4-5-14-12(7-13)9-21-24-14/h3-9H,10H2,1-2H3,(H,20,27)(H,21,24)(H2,22,23,25,26). The number of aromatic amines is 2. The van der Waals surface area contributed by atoms with Crippen molar-refractivity contribution in [3.8, 4) is 22.9 Å². The molecule has 148 valence electrons. The van der Waals surface area contributed by atoms with Crippen LogP contribution in [0.2, 0.25) is 0 Å². The van der Waals surface area contributed by atoms with Gasteiger partial charge in [0.05, 0.1) is 18.8 Å². The smallest absolute Gasteiger partial charge is 0.257 e. The van der Waals surface area contributed by atoms with Crippen LogP contribution in [-0.4, -0.2) is 52.1 Å². The van der Waals surface area contributed by atoms with Crippen molar-refractivity contribution in [1.29, 1.82) is 0 Å². The monoisotopic (exact) mass is 393 g/mol. The minimum absolute atomic E-state index is 0.0937. The molecule has 0 saturated heterocycles. The number of carbonyl (C=O) groups is 1. The number of fused-ring (bicyclic) bond motifs is 1. The molecule has 4 N–H and O–H groups in total. The van der Waals surface area contributed by atoms with Gasteiger partial charge in [0.15, 0.2) is 23.9 Å². The third-order valence-corrected chi connectivity index (χ3v) is 4.26. The molecule has 10 nitrogen and oxygen atoms in total. The predicted octanol–water partition coefficient (Wildman–Crippen LogP) is 2.22. The topological polar surface area (TPSA) is 130 Å². The van der Waals surface area contributed by atoms with Crippen molar-refractivity contribution in [2.45, 2.75) is 0 Å². The first-order chi connectivity index (χ1) is 14.2. The average Bonchev–Trinajstić information content (AvgIpc) is 3.41. The molecule has 2 aromatic carbocycles. The summed E-state index contributed by atoms with van der Waals surface area (Å²) in [6, 6.07) is 11.1. The highest BCUT2D eigenvalue weighted by atomic mass is 16.5. The number of nitrogens with one attached hydrogen (secondary N) is 4. The molecular formula is C19H19N7O3. The van der Waals surface area contributed by atoms with Gasteiger partial charge in [0, 0.05) is 23.7 Å². The van der Waals surface area contributed by atoms with Gasteiger partial charge in [-0.3, -0.25) is 15.0 Å². The number of carbonyl (C=O) groups excluding carboxylic acids is 1. The summed E-state index contributed by atoms with van der Waals surface area (Å²) in [4.78, 5) is 15.8. The summed E-state index contributed by atoms with van der Waals surface area (Å²) in [5.41, 5.74) is 2.57. The Hall–Kier alpha value is -4.08. The number of aromatic nitrogens is 5. The molecule has 0 radical (unpaired) electrons. The quantitative estimate of drug-likeness (QED) is 0.379. The minimum atomic E-state index is -0.226. The summed E-state index contributed by atoms with van der Waals surface area (Å²) in [6.45, 7) is -0.0937. The van der Waals surface area contributed by atoms with Gasteiger partial charge in [0.25, 0.3) is 5.91 Å². The zero-order chi connectivity index (χ0) is 20.2. The van der Waals surface area contributed by atoms with E-state index in [-0.39, 0.29) is 12.5 Å². The van der Waals surface area contributed by atoms with Gasteiger partial charge >= 0.3 is 0 Å². The van der Waals surface area contributed by atoms with Crippen molar-refractivity contribution in [3.63, 3.8) is 0 Å². The molecule has 4 rings (SSSR count). The van der Waals surface area contributed by atoms with E-state index >= 15 is 0 Å². The first kappa shape index (κ1) is 18.3. The SMILES string of the molecule is CNC(=O)COc1ccc(-c2nc(Nc3ccc4[nH]ncc4c3)n[nH]2)cc1OC. The molecule has 4 aromatic rings. The maximum absolute atomic E-state index is 11.4. The van der Waals surface area contributed by atoms with Crippen LogP contribution in [0.3, 0.4) is 0 Å². The maximum Gasteiger partial charge on any atom is 0.257 e.